The van der Waals surface area contributed by atoms with Crippen LogP contribution in [0.4, 0.5) is 0 Å². The van der Waals surface area contributed by atoms with Gasteiger partial charge in [-0.1, -0.05) is 20.3 Å². The number of aliphatic hydroxyl groups excluding tert-OH is 1. The molecule has 0 aromatic rings. The SMILES string of the molecule is CCC(C)[C@H](N)C(=O)N1CC(O)C[C@H]1C(=O)O. The predicted octanol–water partition coefficient (Wildman–Crippen LogP) is -0.594. The number of likely N-dealkylation sites (tertiary alicyclic amines) is 1. The molecule has 6 nitrogen and oxygen atoms in total. The fourth-order valence-corrected chi connectivity index (χ4v) is 1.98. The molecule has 1 aliphatic rings. The van der Waals surface area contributed by atoms with Crippen molar-refractivity contribution in [2.75, 3.05) is 6.54 Å². The van der Waals surface area contributed by atoms with Gasteiger partial charge < -0.3 is 20.8 Å². The minimum Gasteiger partial charge on any atom is -0.480 e. The molecule has 0 spiro atoms. The van der Waals surface area contributed by atoms with Crippen molar-refractivity contribution < 1.29 is 19.8 Å². The number of β-amino-alcohol motifs (C(OH)–C–C–N with tert-alkyl or cyclic N) is 1. The van der Waals surface area contributed by atoms with Crippen LogP contribution in [0.5, 0.6) is 0 Å². The van der Waals surface area contributed by atoms with Crippen LogP contribution in [-0.2, 0) is 9.59 Å². The predicted molar refractivity (Wildman–Crippen MR) is 61.2 cm³/mol. The Bertz CT molecular complexity index is 308. The summed E-state index contributed by atoms with van der Waals surface area (Å²) in [6.45, 7) is 3.83. The average molecular weight is 244 g/mol. The Balaban J connectivity index is 2.77. The summed E-state index contributed by atoms with van der Waals surface area (Å²) in [7, 11) is 0. The van der Waals surface area contributed by atoms with Gasteiger partial charge in [0.05, 0.1) is 12.1 Å². The zero-order valence-electron chi connectivity index (χ0n) is 10.2. The maximum Gasteiger partial charge on any atom is 0.326 e. The third kappa shape index (κ3) is 2.95. The van der Waals surface area contributed by atoms with Crippen molar-refractivity contribution in [3.8, 4) is 0 Å². The van der Waals surface area contributed by atoms with Gasteiger partial charge in [0.2, 0.25) is 5.91 Å². The van der Waals surface area contributed by atoms with Gasteiger partial charge in [0.15, 0.2) is 0 Å². The van der Waals surface area contributed by atoms with E-state index in [1.165, 1.54) is 4.90 Å². The zero-order chi connectivity index (χ0) is 13.2. The van der Waals surface area contributed by atoms with Gasteiger partial charge in [-0.05, 0) is 5.92 Å². The lowest BCUT2D eigenvalue weighted by Gasteiger charge is -2.27. The Morgan fingerprint density at radius 2 is 2.12 bits per heavy atom. The topological polar surface area (TPSA) is 104 Å². The van der Waals surface area contributed by atoms with Crippen LogP contribution in [0, 0.1) is 5.92 Å². The van der Waals surface area contributed by atoms with Crippen molar-refractivity contribution in [2.24, 2.45) is 11.7 Å². The van der Waals surface area contributed by atoms with E-state index in [4.69, 9.17) is 10.8 Å². The molecule has 6 heteroatoms. The highest BCUT2D eigenvalue weighted by Gasteiger charge is 2.41. The fraction of sp³-hybridized carbons (Fsp3) is 0.818. The Morgan fingerprint density at radius 3 is 2.59 bits per heavy atom. The Morgan fingerprint density at radius 1 is 1.53 bits per heavy atom. The first-order chi connectivity index (χ1) is 7.88. The van der Waals surface area contributed by atoms with Gasteiger partial charge in [0.1, 0.15) is 6.04 Å². The summed E-state index contributed by atoms with van der Waals surface area (Å²) < 4.78 is 0. The van der Waals surface area contributed by atoms with Gasteiger partial charge in [-0.15, -0.1) is 0 Å². The van der Waals surface area contributed by atoms with Crippen LogP contribution in [0.25, 0.3) is 0 Å². The van der Waals surface area contributed by atoms with Crippen LogP contribution in [0.3, 0.4) is 0 Å². The summed E-state index contributed by atoms with van der Waals surface area (Å²) in [6.07, 6.45) is 0.0548. The number of carboxylic acids is 1. The minimum atomic E-state index is -1.09. The van der Waals surface area contributed by atoms with Crippen LogP contribution in [-0.4, -0.2) is 51.7 Å². The van der Waals surface area contributed by atoms with E-state index in [9.17, 15) is 14.7 Å². The van der Waals surface area contributed by atoms with E-state index in [1.807, 2.05) is 13.8 Å². The first-order valence-corrected chi connectivity index (χ1v) is 5.85. The lowest BCUT2D eigenvalue weighted by molar-refractivity contribution is -0.149. The van der Waals surface area contributed by atoms with E-state index in [1.54, 1.807) is 0 Å². The van der Waals surface area contributed by atoms with Gasteiger partial charge in [-0.3, -0.25) is 4.79 Å². The number of nitrogens with two attached hydrogens (primary N) is 1. The number of amides is 1. The molecule has 1 saturated heterocycles. The minimum absolute atomic E-state index is 0.00492. The molecule has 4 N–H and O–H groups in total. The monoisotopic (exact) mass is 244 g/mol. The molecule has 0 saturated carbocycles. The summed E-state index contributed by atoms with van der Waals surface area (Å²) in [4.78, 5) is 24.2. The number of carbonyl (C=O) groups excluding carboxylic acids is 1. The quantitative estimate of drug-likeness (QED) is 0.613. The normalized spacial score (nSPS) is 27.9. The third-order valence-electron chi connectivity index (χ3n) is 3.39. The van der Waals surface area contributed by atoms with E-state index >= 15 is 0 Å². The molecule has 1 aliphatic heterocycles. The first-order valence-electron chi connectivity index (χ1n) is 5.85. The molecule has 0 aromatic heterocycles. The second-order valence-electron chi connectivity index (χ2n) is 4.65. The highest BCUT2D eigenvalue weighted by Crippen LogP contribution is 2.20. The summed E-state index contributed by atoms with van der Waals surface area (Å²) in [6, 6.07) is -1.65. The van der Waals surface area contributed by atoms with Crippen molar-refractivity contribution in [3.05, 3.63) is 0 Å². The van der Waals surface area contributed by atoms with Crippen molar-refractivity contribution in [3.63, 3.8) is 0 Å². The summed E-state index contributed by atoms with van der Waals surface area (Å²) >= 11 is 0. The molecule has 0 radical (unpaired) electrons. The van der Waals surface area contributed by atoms with Gasteiger partial charge in [0.25, 0.3) is 0 Å². The molecule has 0 bridgehead atoms. The van der Waals surface area contributed by atoms with E-state index in [2.05, 4.69) is 0 Å². The molecule has 0 aliphatic carbocycles. The summed E-state index contributed by atoms with van der Waals surface area (Å²) in [5.41, 5.74) is 5.79. The summed E-state index contributed by atoms with van der Waals surface area (Å²) in [5.74, 6) is -1.48. The number of rotatable bonds is 4. The zero-order valence-corrected chi connectivity index (χ0v) is 10.2. The smallest absolute Gasteiger partial charge is 0.326 e. The Hall–Kier alpha value is -1.14. The van der Waals surface area contributed by atoms with E-state index < -0.39 is 24.2 Å². The molecule has 1 heterocycles. The van der Waals surface area contributed by atoms with Crippen LogP contribution in [0.2, 0.25) is 0 Å². The highest BCUT2D eigenvalue weighted by atomic mass is 16.4. The Kier molecular flexibility index (Phi) is 4.47. The maximum absolute atomic E-state index is 12.0. The van der Waals surface area contributed by atoms with Crippen molar-refractivity contribution in [2.45, 2.75) is 44.9 Å². The van der Waals surface area contributed by atoms with Crippen LogP contribution >= 0.6 is 0 Å². The second kappa shape index (κ2) is 5.46. The Labute approximate surface area is 100 Å². The van der Waals surface area contributed by atoms with Crippen LogP contribution in [0.15, 0.2) is 0 Å². The molecular formula is C11H20N2O4. The third-order valence-corrected chi connectivity index (χ3v) is 3.39. The number of hydrogen-bond donors (Lipinski definition) is 3. The lowest BCUT2D eigenvalue weighted by atomic mass is 9.98. The molecular weight excluding hydrogens is 224 g/mol. The van der Waals surface area contributed by atoms with Crippen molar-refractivity contribution in [1.82, 2.24) is 4.90 Å². The number of aliphatic hydroxyl groups is 1. The van der Waals surface area contributed by atoms with Crippen molar-refractivity contribution >= 4 is 11.9 Å². The molecule has 2 unspecified atom stereocenters. The van der Waals surface area contributed by atoms with Gasteiger partial charge in [0, 0.05) is 13.0 Å². The number of hydrogen-bond acceptors (Lipinski definition) is 4. The molecule has 1 amide bonds. The van der Waals surface area contributed by atoms with E-state index in [0.717, 1.165) is 6.42 Å². The largest absolute Gasteiger partial charge is 0.480 e. The number of aliphatic carboxylic acids is 1. The number of nitrogens with zero attached hydrogens (tertiary/aromatic N) is 1. The molecule has 17 heavy (non-hydrogen) atoms. The van der Waals surface area contributed by atoms with Crippen molar-refractivity contribution in [1.29, 1.82) is 0 Å². The van der Waals surface area contributed by atoms with E-state index in [-0.39, 0.29) is 24.8 Å². The van der Waals surface area contributed by atoms with Gasteiger partial charge >= 0.3 is 5.97 Å². The number of carbonyl (C=O) groups is 2. The second-order valence-corrected chi connectivity index (χ2v) is 4.65. The van der Waals surface area contributed by atoms with Gasteiger partial charge in [-0.2, -0.15) is 0 Å². The van der Waals surface area contributed by atoms with Gasteiger partial charge in [-0.25, -0.2) is 4.79 Å². The first kappa shape index (κ1) is 13.9. The molecule has 0 aromatic carbocycles. The molecule has 98 valence electrons. The van der Waals surface area contributed by atoms with E-state index in [0.29, 0.717) is 0 Å². The summed E-state index contributed by atoms with van der Waals surface area (Å²) in [5, 5.41) is 18.4. The standard InChI is InChI=1S/C11H20N2O4/c1-3-6(2)9(12)10(15)13-5-7(14)4-8(13)11(16)17/h6-9,14H,3-5,12H2,1-2H3,(H,16,17)/t6?,7?,8-,9-/m0/s1. The molecule has 1 rings (SSSR count). The average Bonchev–Trinajstić information content (AvgIpc) is 2.68. The lowest BCUT2D eigenvalue weighted by Crippen LogP contribution is -2.50. The highest BCUT2D eigenvalue weighted by molar-refractivity contribution is 5.87. The molecule has 1 fully saturated rings. The number of carboxylic acid groups (broad SMARTS) is 1. The van der Waals surface area contributed by atoms with Crippen LogP contribution in [0.1, 0.15) is 26.7 Å². The maximum atomic E-state index is 12.0. The van der Waals surface area contributed by atoms with Crippen LogP contribution < -0.4 is 5.73 Å². The fourth-order valence-electron chi connectivity index (χ4n) is 1.98. The molecule has 4 atom stereocenters.